The van der Waals surface area contributed by atoms with E-state index in [1.807, 2.05) is 17.8 Å². The third kappa shape index (κ3) is 2.16. The molecule has 0 aromatic heterocycles. The molecule has 0 radical (unpaired) electrons. The zero-order chi connectivity index (χ0) is 9.97. The SMILES string of the molecule is Oc1ccc(C2CSCCO2)cc1Cl. The van der Waals surface area contributed by atoms with Crippen molar-refractivity contribution in [3.05, 3.63) is 28.8 Å². The Morgan fingerprint density at radius 3 is 3.00 bits per heavy atom. The molecular formula is C10H11ClO2S. The van der Waals surface area contributed by atoms with Crippen molar-refractivity contribution in [2.24, 2.45) is 0 Å². The summed E-state index contributed by atoms with van der Waals surface area (Å²) in [5.74, 6) is 2.14. The number of hydrogen-bond donors (Lipinski definition) is 1. The first-order valence-electron chi connectivity index (χ1n) is 4.45. The molecule has 1 atom stereocenters. The van der Waals surface area contributed by atoms with Crippen LogP contribution in [0.1, 0.15) is 11.7 Å². The van der Waals surface area contributed by atoms with Crippen LogP contribution in [0.5, 0.6) is 5.75 Å². The molecule has 4 heteroatoms. The summed E-state index contributed by atoms with van der Waals surface area (Å²) in [5, 5.41) is 9.65. The van der Waals surface area contributed by atoms with Crippen LogP contribution in [0.2, 0.25) is 5.02 Å². The van der Waals surface area contributed by atoms with Crippen molar-refractivity contribution in [3.63, 3.8) is 0 Å². The van der Waals surface area contributed by atoms with Crippen LogP contribution in [0.15, 0.2) is 18.2 Å². The van der Waals surface area contributed by atoms with Gasteiger partial charge in [0.1, 0.15) is 5.75 Å². The molecule has 2 nitrogen and oxygen atoms in total. The number of ether oxygens (including phenoxy) is 1. The predicted molar refractivity (Wildman–Crippen MR) is 59.1 cm³/mol. The Labute approximate surface area is 92.2 Å². The van der Waals surface area contributed by atoms with Gasteiger partial charge in [-0.05, 0) is 17.7 Å². The normalized spacial score (nSPS) is 22.2. The van der Waals surface area contributed by atoms with E-state index in [9.17, 15) is 5.11 Å². The van der Waals surface area contributed by atoms with Gasteiger partial charge in [0, 0.05) is 11.5 Å². The van der Waals surface area contributed by atoms with Gasteiger partial charge in [0.05, 0.1) is 17.7 Å². The van der Waals surface area contributed by atoms with Gasteiger partial charge in [-0.1, -0.05) is 17.7 Å². The molecule has 0 spiro atoms. The lowest BCUT2D eigenvalue weighted by Gasteiger charge is -2.22. The second kappa shape index (κ2) is 4.43. The summed E-state index contributed by atoms with van der Waals surface area (Å²) in [6.45, 7) is 0.786. The van der Waals surface area contributed by atoms with E-state index in [1.54, 1.807) is 12.1 Å². The fourth-order valence-corrected chi connectivity index (χ4v) is 2.48. The fourth-order valence-electron chi connectivity index (χ4n) is 1.40. The van der Waals surface area contributed by atoms with Crippen molar-refractivity contribution in [3.8, 4) is 5.75 Å². The highest BCUT2D eigenvalue weighted by Gasteiger charge is 2.17. The number of benzene rings is 1. The standard InChI is InChI=1S/C10H11ClO2S/c11-8-5-7(1-2-9(8)12)10-6-14-4-3-13-10/h1-2,5,10,12H,3-4,6H2. The smallest absolute Gasteiger partial charge is 0.134 e. The minimum atomic E-state index is 0.117. The van der Waals surface area contributed by atoms with Gasteiger partial charge in [0.25, 0.3) is 0 Å². The van der Waals surface area contributed by atoms with Crippen molar-refractivity contribution in [2.45, 2.75) is 6.10 Å². The molecule has 1 aromatic carbocycles. The number of hydrogen-bond acceptors (Lipinski definition) is 3. The van der Waals surface area contributed by atoms with E-state index in [0.29, 0.717) is 5.02 Å². The number of thioether (sulfide) groups is 1. The molecule has 2 rings (SSSR count). The molecule has 0 bridgehead atoms. The third-order valence-electron chi connectivity index (χ3n) is 2.16. The summed E-state index contributed by atoms with van der Waals surface area (Å²) < 4.78 is 5.60. The molecule has 14 heavy (non-hydrogen) atoms. The molecule has 1 aromatic rings. The number of phenols is 1. The first-order valence-corrected chi connectivity index (χ1v) is 5.98. The maximum atomic E-state index is 9.26. The Bertz CT molecular complexity index is 324. The Hall–Kier alpha value is -0.380. The zero-order valence-corrected chi connectivity index (χ0v) is 9.14. The highest BCUT2D eigenvalue weighted by molar-refractivity contribution is 7.99. The molecule has 0 amide bonds. The van der Waals surface area contributed by atoms with Crippen molar-refractivity contribution < 1.29 is 9.84 Å². The highest BCUT2D eigenvalue weighted by Crippen LogP contribution is 2.31. The molecular weight excluding hydrogens is 220 g/mol. The van der Waals surface area contributed by atoms with Gasteiger partial charge in [-0.2, -0.15) is 11.8 Å². The van der Waals surface area contributed by atoms with Gasteiger partial charge in [0.15, 0.2) is 0 Å². The third-order valence-corrected chi connectivity index (χ3v) is 3.46. The lowest BCUT2D eigenvalue weighted by atomic mass is 10.1. The summed E-state index contributed by atoms with van der Waals surface area (Å²) in [7, 11) is 0. The van der Waals surface area contributed by atoms with Gasteiger partial charge >= 0.3 is 0 Å². The van der Waals surface area contributed by atoms with Crippen LogP contribution in [-0.4, -0.2) is 23.2 Å². The van der Waals surface area contributed by atoms with Gasteiger partial charge < -0.3 is 9.84 Å². The first-order chi connectivity index (χ1) is 6.77. The molecule has 1 aliphatic heterocycles. The summed E-state index contributed by atoms with van der Waals surface area (Å²) in [6.07, 6.45) is 0.117. The summed E-state index contributed by atoms with van der Waals surface area (Å²) in [4.78, 5) is 0. The summed E-state index contributed by atoms with van der Waals surface area (Å²) in [6, 6.07) is 5.24. The first kappa shape index (κ1) is 10.1. The molecule has 1 aliphatic rings. The van der Waals surface area contributed by atoms with Crippen LogP contribution in [0, 0.1) is 0 Å². The van der Waals surface area contributed by atoms with Crippen molar-refractivity contribution in [2.75, 3.05) is 18.1 Å². The van der Waals surface area contributed by atoms with Crippen molar-refractivity contribution >= 4 is 23.4 Å². The van der Waals surface area contributed by atoms with Crippen LogP contribution < -0.4 is 0 Å². The molecule has 1 saturated heterocycles. The molecule has 0 saturated carbocycles. The van der Waals surface area contributed by atoms with Crippen LogP contribution in [-0.2, 0) is 4.74 Å². The minimum absolute atomic E-state index is 0.117. The van der Waals surface area contributed by atoms with E-state index in [2.05, 4.69) is 0 Å². The molecule has 1 unspecified atom stereocenters. The van der Waals surface area contributed by atoms with E-state index in [1.165, 1.54) is 0 Å². The van der Waals surface area contributed by atoms with Gasteiger partial charge in [-0.3, -0.25) is 0 Å². The Kier molecular flexibility index (Phi) is 3.21. The molecule has 0 aliphatic carbocycles. The largest absolute Gasteiger partial charge is 0.506 e. The van der Waals surface area contributed by atoms with Gasteiger partial charge in [-0.15, -0.1) is 0 Å². The average Bonchev–Trinajstić information content (AvgIpc) is 2.23. The van der Waals surface area contributed by atoms with Crippen LogP contribution in [0.3, 0.4) is 0 Å². The number of aromatic hydroxyl groups is 1. The zero-order valence-electron chi connectivity index (χ0n) is 7.57. The van der Waals surface area contributed by atoms with E-state index in [4.69, 9.17) is 16.3 Å². The maximum absolute atomic E-state index is 9.26. The quantitative estimate of drug-likeness (QED) is 0.805. The monoisotopic (exact) mass is 230 g/mol. The molecule has 76 valence electrons. The topological polar surface area (TPSA) is 29.5 Å². The summed E-state index contributed by atoms with van der Waals surface area (Å²) >= 11 is 7.70. The Morgan fingerprint density at radius 2 is 2.36 bits per heavy atom. The second-order valence-electron chi connectivity index (χ2n) is 3.15. The molecule has 1 heterocycles. The minimum Gasteiger partial charge on any atom is -0.506 e. The highest BCUT2D eigenvalue weighted by atomic mass is 35.5. The second-order valence-corrected chi connectivity index (χ2v) is 4.70. The van der Waals surface area contributed by atoms with Crippen LogP contribution in [0.4, 0.5) is 0 Å². The average molecular weight is 231 g/mol. The molecule has 1 N–H and O–H groups in total. The van der Waals surface area contributed by atoms with E-state index in [-0.39, 0.29) is 11.9 Å². The summed E-state index contributed by atoms with van der Waals surface area (Å²) in [5.41, 5.74) is 1.04. The van der Waals surface area contributed by atoms with Gasteiger partial charge in [0.2, 0.25) is 0 Å². The predicted octanol–water partition coefficient (Wildman–Crippen LogP) is 2.85. The van der Waals surface area contributed by atoms with E-state index >= 15 is 0 Å². The fraction of sp³-hybridized carbons (Fsp3) is 0.400. The Balaban J connectivity index is 2.18. The van der Waals surface area contributed by atoms with Crippen LogP contribution >= 0.6 is 23.4 Å². The molecule has 1 fully saturated rings. The lowest BCUT2D eigenvalue weighted by molar-refractivity contribution is 0.0757. The Morgan fingerprint density at radius 1 is 1.50 bits per heavy atom. The van der Waals surface area contributed by atoms with Crippen molar-refractivity contribution in [1.82, 2.24) is 0 Å². The number of rotatable bonds is 1. The van der Waals surface area contributed by atoms with Gasteiger partial charge in [-0.25, -0.2) is 0 Å². The van der Waals surface area contributed by atoms with E-state index in [0.717, 1.165) is 23.7 Å². The lowest BCUT2D eigenvalue weighted by Crippen LogP contribution is -2.15. The number of halogens is 1. The van der Waals surface area contributed by atoms with Crippen molar-refractivity contribution in [1.29, 1.82) is 0 Å². The number of phenolic OH excluding ortho intramolecular Hbond substituents is 1. The van der Waals surface area contributed by atoms with Crippen LogP contribution in [0.25, 0.3) is 0 Å². The maximum Gasteiger partial charge on any atom is 0.134 e. The van der Waals surface area contributed by atoms with E-state index < -0.39 is 0 Å².